The van der Waals surface area contributed by atoms with Crippen LogP contribution in [0.5, 0.6) is 0 Å². The highest BCUT2D eigenvalue weighted by Crippen LogP contribution is 2.33. The number of aromatic nitrogens is 2. The third-order valence-corrected chi connectivity index (χ3v) is 4.64. The van der Waals surface area contributed by atoms with E-state index in [0.29, 0.717) is 18.3 Å². The van der Waals surface area contributed by atoms with E-state index in [-0.39, 0.29) is 12.1 Å². The summed E-state index contributed by atoms with van der Waals surface area (Å²) < 4.78 is 11.0. The Balaban J connectivity index is 1.55. The number of carbonyl (C=O) groups is 1. The van der Waals surface area contributed by atoms with E-state index in [4.69, 9.17) is 8.83 Å². The molecule has 4 rings (SSSR count). The smallest absolute Gasteiger partial charge is 0.322 e. The minimum atomic E-state index is -0.133. The van der Waals surface area contributed by atoms with E-state index in [0.717, 1.165) is 35.4 Å². The molecule has 134 valence electrons. The number of amides is 2. The summed E-state index contributed by atoms with van der Waals surface area (Å²) in [4.78, 5) is 14.7. The van der Waals surface area contributed by atoms with E-state index >= 15 is 0 Å². The molecule has 2 amide bonds. The second-order valence-electron chi connectivity index (χ2n) is 6.45. The fourth-order valence-corrected chi connectivity index (χ4v) is 3.28. The number of likely N-dealkylation sites (tertiary alicyclic amines) is 1. The monoisotopic (exact) mass is 352 g/mol. The fourth-order valence-electron chi connectivity index (χ4n) is 3.28. The van der Waals surface area contributed by atoms with Gasteiger partial charge in [-0.1, -0.05) is 6.07 Å². The zero-order valence-electron chi connectivity index (χ0n) is 14.7. The minimum absolute atomic E-state index is 0.0212. The molecule has 0 saturated carbocycles. The molecule has 0 bridgehead atoms. The lowest BCUT2D eigenvalue weighted by molar-refractivity contribution is 0.200. The van der Waals surface area contributed by atoms with Crippen molar-refractivity contribution in [3.63, 3.8) is 0 Å². The molecule has 1 saturated heterocycles. The van der Waals surface area contributed by atoms with E-state index < -0.39 is 0 Å². The number of carbonyl (C=O) groups excluding carboxylic acids is 1. The number of urea groups is 1. The summed E-state index contributed by atoms with van der Waals surface area (Å²) in [6.07, 6.45) is 3.50. The third kappa shape index (κ3) is 3.08. The molecular formula is C19H20N4O3. The van der Waals surface area contributed by atoms with Crippen LogP contribution in [0.15, 0.2) is 45.4 Å². The van der Waals surface area contributed by atoms with Crippen LogP contribution in [0.25, 0.3) is 11.5 Å². The van der Waals surface area contributed by atoms with Gasteiger partial charge < -0.3 is 19.1 Å². The van der Waals surface area contributed by atoms with Gasteiger partial charge in [-0.3, -0.25) is 0 Å². The number of aryl methyl sites for hydroxylation is 2. The van der Waals surface area contributed by atoms with Crippen molar-refractivity contribution in [2.24, 2.45) is 0 Å². The number of anilines is 1. The van der Waals surface area contributed by atoms with Crippen LogP contribution in [-0.4, -0.2) is 27.7 Å². The number of hydrogen-bond donors (Lipinski definition) is 1. The van der Waals surface area contributed by atoms with E-state index in [1.807, 2.05) is 42.2 Å². The topological polar surface area (TPSA) is 84.4 Å². The molecule has 7 nitrogen and oxygen atoms in total. The van der Waals surface area contributed by atoms with Gasteiger partial charge in [0, 0.05) is 24.7 Å². The molecule has 1 aromatic carbocycles. The summed E-state index contributed by atoms with van der Waals surface area (Å²) in [5.74, 6) is 1.77. The molecular weight excluding hydrogens is 332 g/mol. The van der Waals surface area contributed by atoms with Crippen LogP contribution in [-0.2, 0) is 0 Å². The first-order valence-corrected chi connectivity index (χ1v) is 8.64. The van der Waals surface area contributed by atoms with Gasteiger partial charge >= 0.3 is 6.03 Å². The third-order valence-electron chi connectivity index (χ3n) is 4.64. The van der Waals surface area contributed by atoms with Gasteiger partial charge in [0.25, 0.3) is 0 Å². The predicted octanol–water partition coefficient (Wildman–Crippen LogP) is 4.32. The highest BCUT2D eigenvalue weighted by atomic mass is 16.4. The van der Waals surface area contributed by atoms with Crippen LogP contribution in [0, 0.1) is 13.8 Å². The maximum absolute atomic E-state index is 12.8. The van der Waals surface area contributed by atoms with Gasteiger partial charge in [0.2, 0.25) is 11.8 Å². The van der Waals surface area contributed by atoms with Crippen molar-refractivity contribution in [1.82, 2.24) is 15.1 Å². The number of benzene rings is 1. The number of nitrogens with one attached hydrogen (secondary N) is 1. The Labute approximate surface area is 151 Å². The van der Waals surface area contributed by atoms with Crippen LogP contribution < -0.4 is 5.32 Å². The van der Waals surface area contributed by atoms with Gasteiger partial charge in [-0.05, 0) is 49.6 Å². The molecule has 0 spiro atoms. The average Bonchev–Trinajstić information content (AvgIpc) is 3.37. The van der Waals surface area contributed by atoms with Crippen LogP contribution in [0.1, 0.15) is 36.1 Å². The molecule has 0 aliphatic carbocycles. The van der Waals surface area contributed by atoms with Crippen molar-refractivity contribution in [3.8, 4) is 11.5 Å². The molecule has 1 atom stereocenters. The van der Waals surface area contributed by atoms with E-state index in [9.17, 15) is 4.79 Å². The zero-order valence-corrected chi connectivity index (χ0v) is 14.7. The molecule has 0 unspecified atom stereocenters. The summed E-state index contributed by atoms with van der Waals surface area (Å²) in [6.45, 7) is 4.40. The van der Waals surface area contributed by atoms with E-state index in [2.05, 4.69) is 15.5 Å². The van der Waals surface area contributed by atoms with Gasteiger partial charge in [-0.25, -0.2) is 4.79 Å². The quantitative estimate of drug-likeness (QED) is 0.759. The summed E-state index contributed by atoms with van der Waals surface area (Å²) in [5, 5.41) is 10.9. The first-order valence-electron chi connectivity index (χ1n) is 8.64. The zero-order chi connectivity index (χ0) is 18.1. The number of hydrogen-bond acceptors (Lipinski definition) is 5. The van der Waals surface area contributed by atoms with Crippen LogP contribution in [0.4, 0.5) is 10.5 Å². The molecule has 3 aromatic rings. The Kier molecular flexibility index (Phi) is 4.20. The van der Waals surface area contributed by atoms with Crippen molar-refractivity contribution in [1.29, 1.82) is 0 Å². The maximum Gasteiger partial charge on any atom is 0.322 e. The van der Waals surface area contributed by atoms with E-state index in [1.165, 1.54) is 0 Å². The normalized spacial score (nSPS) is 16.8. The first kappa shape index (κ1) is 16.4. The van der Waals surface area contributed by atoms with E-state index in [1.54, 1.807) is 13.2 Å². The number of nitrogens with zero attached hydrogens (tertiary/aromatic N) is 3. The Morgan fingerprint density at radius 2 is 2.15 bits per heavy atom. The lowest BCUT2D eigenvalue weighted by atomic mass is 10.1. The predicted molar refractivity (Wildman–Crippen MR) is 95.6 cm³/mol. The Morgan fingerprint density at radius 1 is 1.27 bits per heavy atom. The highest BCUT2D eigenvalue weighted by molar-refractivity contribution is 5.91. The van der Waals surface area contributed by atoms with Gasteiger partial charge in [0.05, 0.1) is 12.3 Å². The second-order valence-corrected chi connectivity index (χ2v) is 6.45. The molecule has 1 aliphatic rings. The van der Waals surface area contributed by atoms with Crippen molar-refractivity contribution in [3.05, 3.63) is 53.8 Å². The van der Waals surface area contributed by atoms with Crippen molar-refractivity contribution in [2.45, 2.75) is 32.7 Å². The Morgan fingerprint density at radius 3 is 2.88 bits per heavy atom. The lowest BCUT2D eigenvalue weighted by Gasteiger charge is -2.24. The Hall–Kier alpha value is -3.09. The number of rotatable bonds is 3. The van der Waals surface area contributed by atoms with Gasteiger partial charge in [-0.15, -0.1) is 10.2 Å². The fraction of sp³-hybridized carbons (Fsp3) is 0.316. The summed E-state index contributed by atoms with van der Waals surface area (Å²) >= 11 is 0. The van der Waals surface area contributed by atoms with Gasteiger partial charge in [-0.2, -0.15) is 0 Å². The second kappa shape index (κ2) is 6.67. The highest BCUT2D eigenvalue weighted by Gasteiger charge is 2.32. The SMILES string of the molecule is Cc1nnc(-c2ccc(C)c(NC(=O)N3CCC[C@H]3c3ccco3)c2)o1. The summed E-state index contributed by atoms with van der Waals surface area (Å²) in [7, 11) is 0. The molecule has 3 heterocycles. The average molecular weight is 352 g/mol. The van der Waals surface area contributed by atoms with Gasteiger partial charge in [0.1, 0.15) is 5.76 Å². The summed E-state index contributed by atoms with van der Waals surface area (Å²) in [6, 6.07) is 9.30. The molecule has 1 aliphatic heterocycles. The summed E-state index contributed by atoms with van der Waals surface area (Å²) in [5.41, 5.74) is 2.47. The number of furan rings is 1. The molecule has 26 heavy (non-hydrogen) atoms. The molecule has 1 N–H and O–H groups in total. The first-order chi connectivity index (χ1) is 12.6. The van der Waals surface area contributed by atoms with Crippen molar-refractivity contribution in [2.75, 3.05) is 11.9 Å². The van der Waals surface area contributed by atoms with Crippen LogP contribution in [0.2, 0.25) is 0 Å². The van der Waals surface area contributed by atoms with Crippen LogP contribution in [0.3, 0.4) is 0 Å². The standard InChI is InChI=1S/C19H20N4O3/c1-12-7-8-14(18-22-21-13(2)26-18)11-15(12)20-19(24)23-9-3-5-16(23)17-6-4-10-25-17/h4,6-8,10-11,16H,3,5,9H2,1-2H3,(H,20,24)/t16-/m0/s1. The molecule has 2 aromatic heterocycles. The molecule has 1 fully saturated rings. The Bertz CT molecular complexity index is 917. The van der Waals surface area contributed by atoms with Gasteiger partial charge in [0.15, 0.2) is 0 Å². The van der Waals surface area contributed by atoms with Crippen molar-refractivity contribution < 1.29 is 13.6 Å². The minimum Gasteiger partial charge on any atom is -0.467 e. The van der Waals surface area contributed by atoms with Crippen LogP contribution >= 0.6 is 0 Å². The lowest BCUT2D eigenvalue weighted by Crippen LogP contribution is -2.34. The largest absolute Gasteiger partial charge is 0.467 e. The van der Waals surface area contributed by atoms with Crippen molar-refractivity contribution >= 4 is 11.7 Å². The maximum atomic E-state index is 12.8. The molecule has 0 radical (unpaired) electrons. The molecule has 7 heteroatoms.